The molecule has 0 fully saturated rings. The van der Waals surface area contributed by atoms with E-state index in [-0.39, 0.29) is 0 Å². The molecule has 1 nitrogen and oxygen atoms in total. The number of alkyl halides is 1. The first-order valence-electron chi connectivity index (χ1n) is 2.84. The Labute approximate surface area is 76.4 Å². The molecular weight excluding hydrogens is 259 g/mol. The molecule has 10 heavy (non-hydrogen) atoms. The summed E-state index contributed by atoms with van der Waals surface area (Å²) in [4.78, 5) is 0.914. The molecule has 0 saturated carbocycles. The molecule has 0 spiro atoms. The van der Waals surface area contributed by atoms with Crippen LogP contribution in [0.1, 0.15) is 0 Å². The molecule has 1 unspecified atom stereocenters. The van der Waals surface area contributed by atoms with Gasteiger partial charge in [-0.25, -0.2) is 0 Å². The standard InChI is InChI=1S/C7H7IOS/c8-6-10(9)7-4-2-1-3-5-7/h1-5H,6H2. The Hall–Kier alpha value is 0.1000. The van der Waals surface area contributed by atoms with Crippen molar-refractivity contribution in [3.8, 4) is 0 Å². The van der Waals surface area contributed by atoms with Crippen LogP contribution in [0.25, 0.3) is 0 Å². The van der Waals surface area contributed by atoms with Crippen LogP contribution in [0.3, 0.4) is 0 Å². The van der Waals surface area contributed by atoms with Gasteiger partial charge in [0.1, 0.15) is 0 Å². The van der Waals surface area contributed by atoms with E-state index in [1.54, 1.807) is 0 Å². The minimum atomic E-state index is -0.804. The molecule has 0 heterocycles. The summed E-state index contributed by atoms with van der Waals surface area (Å²) in [7, 11) is -0.804. The number of rotatable bonds is 2. The molecule has 1 atom stereocenters. The lowest BCUT2D eigenvalue weighted by atomic mass is 10.4. The highest BCUT2D eigenvalue weighted by molar-refractivity contribution is 14.1. The van der Waals surface area contributed by atoms with Gasteiger partial charge in [0.05, 0.1) is 14.6 Å². The summed E-state index contributed by atoms with van der Waals surface area (Å²) in [5.74, 6) is 0. The smallest absolute Gasteiger partial charge is 0.0801 e. The first kappa shape index (κ1) is 8.20. The van der Waals surface area contributed by atoms with E-state index in [4.69, 9.17) is 0 Å². The summed E-state index contributed by atoms with van der Waals surface area (Å²) in [5.41, 5.74) is 0. The minimum Gasteiger partial charge on any atom is -0.254 e. The first-order valence-corrected chi connectivity index (χ1v) is 5.68. The maximum Gasteiger partial charge on any atom is 0.0801 e. The largest absolute Gasteiger partial charge is 0.254 e. The van der Waals surface area contributed by atoms with E-state index in [0.717, 1.165) is 4.90 Å². The average molecular weight is 266 g/mol. The summed E-state index contributed by atoms with van der Waals surface area (Å²) >= 11 is 2.12. The van der Waals surface area contributed by atoms with Crippen molar-refractivity contribution in [3.63, 3.8) is 0 Å². The summed E-state index contributed by atoms with van der Waals surface area (Å²) in [5, 5.41) is 0. The van der Waals surface area contributed by atoms with Crippen molar-refractivity contribution in [1.82, 2.24) is 0 Å². The zero-order valence-corrected chi connectivity index (χ0v) is 8.26. The van der Waals surface area contributed by atoms with Crippen molar-refractivity contribution >= 4 is 33.4 Å². The van der Waals surface area contributed by atoms with Crippen molar-refractivity contribution in [1.29, 1.82) is 0 Å². The van der Waals surface area contributed by atoms with E-state index in [9.17, 15) is 4.21 Å². The van der Waals surface area contributed by atoms with Crippen LogP contribution in [0.2, 0.25) is 0 Å². The number of hydrogen-bond donors (Lipinski definition) is 0. The lowest BCUT2D eigenvalue weighted by Crippen LogP contribution is -1.89. The van der Waals surface area contributed by atoms with Crippen LogP contribution in [0.5, 0.6) is 0 Å². The van der Waals surface area contributed by atoms with Gasteiger partial charge in [0.15, 0.2) is 0 Å². The van der Waals surface area contributed by atoms with Crippen LogP contribution in [0.4, 0.5) is 0 Å². The van der Waals surface area contributed by atoms with Gasteiger partial charge in [-0.05, 0) is 12.1 Å². The Morgan fingerprint density at radius 2 is 1.90 bits per heavy atom. The molecule has 0 aliphatic heterocycles. The summed E-state index contributed by atoms with van der Waals surface area (Å²) in [6.07, 6.45) is 0. The summed E-state index contributed by atoms with van der Waals surface area (Å²) in [6, 6.07) is 9.50. The topological polar surface area (TPSA) is 17.1 Å². The molecule has 54 valence electrons. The highest BCUT2D eigenvalue weighted by atomic mass is 127. The van der Waals surface area contributed by atoms with Crippen molar-refractivity contribution in [2.24, 2.45) is 0 Å². The normalized spacial score (nSPS) is 12.9. The number of hydrogen-bond acceptors (Lipinski definition) is 1. The van der Waals surface area contributed by atoms with E-state index >= 15 is 0 Å². The maximum absolute atomic E-state index is 11.1. The predicted molar refractivity (Wildman–Crippen MR) is 51.7 cm³/mol. The van der Waals surface area contributed by atoms with E-state index in [1.165, 1.54) is 0 Å². The highest BCUT2D eigenvalue weighted by Gasteiger charge is 1.97. The number of halogens is 1. The monoisotopic (exact) mass is 266 g/mol. The van der Waals surface area contributed by atoms with Gasteiger partial charge in [-0.2, -0.15) is 0 Å². The first-order chi connectivity index (χ1) is 4.84. The third kappa shape index (κ3) is 2.05. The van der Waals surface area contributed by atoms with E-state index in [1.807, 2.05) is 30.3 Å². The quantitative estimate of drug-likeness (QED) is 0.592. The molecule has 0 saturated heterocycles. The molecule has 1 aromatic rings. The van der Waals surface area contributed by atoms with Gasteiger partial charge in [-0.3, -0.25) is 4.21 Å². The third-order valence-electron chi connectivity index (χ3n) is 1.11. The van der Waals surface area contributed by atoms with E-state index in [0.29, 0.717) is 3.76 Å². The molecule has 3 heteroatoms. The van der Waals surface area contributed by atoms with Gasteiger partial charge in [-0.1, -0.05) is 40.8 Å². The van der Waals surface area contributed by atoms with Crippen molar-refractivity contribution < 1.29 is 4.21 Å². The zero-order chi connectivity index (χ0) is 7.40. The molecule has 0 radical (unpaired) electrons. The molecule has 0 amide bonds. The Morgan fingerprint density at radius 3 is 2.40 bits per heavy atom. The SMILES string of the molecule is O=S(CI)c1ccccc1. The minimum absolute atomic E-state index is 0.668. The molecular formula is C7H7IOS. The molecule has 1 rings (SSSR count). The Bertz CT molecular complexity index is 222. The maximum atomic E-state index is 11.1. The van der Waals surface area contributed by atoms with Crippen molar-refractivity contribution in [3.05, 3.63) is 30.3 Å². The lowest BCUT2D eigenvalue weighted by Gasteiger charge is -1.94. The summed E-state index contributed by atoms with van der Waals surface area (Å²) < 4.78 is 11.8. The van der Waals surface area contributed by atoms with Crippen LogP contribution in [-0.2, 0) is 10.8 Å². The Balaban J connectivity index is 2.85. The fraction of sp³-hybridized carbons (Fsp3) is 0.143. The molecule has 0 aromatic heterocycles. The van der Waals surface area contributed by atoms with Crippen LogP contribution in [0, 0.1) is 0 Å². The van der Waals surface area contributed by atoms with Gasteiger partial charge in [0.25, 0.3) is 0 Å². The Kier molecular flexibility index (Phi) is 3.34. The fourth-order valence-electron chi connectivity index (χ4n) is 0.635. The Morgan fingerprint density at radius 1 is 1.30 bits per heavy atom. The van der Waals surface area contributed by atoms with Crippen molar-refractivity contribution in [2.45, 2.75) is 4.90 Å². The van der Waals surface area contributed by atoms with Gasteiger partial charge in [-0.15, -0.1) is 0 Å². The fourth-order valence-corrected chi connectivity index (χ4v) is 2.30. The highest BCUT2D eigenvalue weighted by Crippen LogP contribution is 2.06. The van der Waals surface area contributed by atoms with Crippen LogP contribution < -0.4 is 0 Å². The average Bonchev–Trinajstić information content (AvgIpc) is 2.05. The van der Waals surface area contributed by atoms with Crippen LogP contribution in [-0.4, -0.2) is 7.97 Å². The van der Waals surface area contributed by atoms with Crippen LogP contribution >= 0.6 is 22.6 Å². The lowest BCUT2D eigenvalue weighted by molar-refractivity contribution is 0.686. The van der Waals surface area contributed by atoms with Gasteiger partial charge < -0.3 is 0 Å². The third-order valence-corrected chi connectivity index (χ3v) is 3.80. The van der Waals surface area contributed by atoms with Gasteiger partial charge in [0.2, 0.25) is 0 Å². The second-order valence-electron chi connectivity index (χ2n) is 1.77. The predicted octanol–water partition coefficient (Wildman–Crippen LogP) is 2.19. The van der Waals surface area contributed by atoms with Crippen LogP contribution in [0.15, 0.2) is 35.2 Å². The molecule has 0 aliphatic carbocycles. The molecule has 1 aromatic carbocycles. The zero-order valence-electron chi connectivity index (χ0n) is 5.29. The van der Waals surface area contributed by atoms with Gasteiger partial charge in [0, 0.05) is 4.90 Å². The van der Waals surface area contributed by atoms with Crippen molar-refractivity contribution in [2.75, 3.05) is 3.76 Å². The van der Waals surface area contributed by atoms with E-state index < -0.39 is 10.8 Å². The molecule has 0 N–H and O–H groups in total. The molecule has 0 bridgehead atoms. The summed E-state index contributed by atoms with van der Waals surface area (Å²) in [6.45, 7) is 0. The van der Waals surface area contributed by atoms with Gasteiger partial charge >= 0.3 is 0 Å². The van der Waals surface area contributed by atoms with E-state index in [2.05, 4.69) is 22.6 Å². The molecule has 0 aliphatic rings. The second-order valence-corrected chi connectivity index (χ2v) is 5.02. The second kappa shape index (κ2) is 4.08. The number of benzene rings is 1.